The van der Waals surface area contributed by atoms with Crippen molar-refractivity contribution in [3.05, 3.63) is 70.7 Å². The standard InChI is InChI=1S/C21H18ClF2N3O3/c1-27(2)21(29)12-3-6-15(22)17(9-12)26-19(28)7-8-20-25-11-18(30-20)14-5-4-13(23)10-16(14)24/h3-6,9-11H,7-8H2,1-2H3,(H,26,28). The van der Waals surface area contributed by atoms with Gasteiger partial charge in [0.2, 0.25) is 5.91 Å². The summed E-state index contributed by atoms with van der Waals surface area (Å²) in [5.74, 6) is -1.67. The molecule has 156 valence electrons. The minimum absolute atomic E-state index is 0.0219. The van der Waals surface area contributed by atoms with Crippen molar-refractivity contribution in [1.82, 2.24) is 9.88 Å². The first kappa shape index (κ1) is 21.4. The van der Waals surface area contributed by atoms with Gasteiger partial charge >= 0.3 is 0 Å². The lowest BCUT2D eigenvalue weighted by molar-refractivity contribution is -0.116. The van der Waals surface area contributed by atoms with Crippen molar-refractivity contribution >= 4 is 29.1 Å². The zero-order chi connectivity index (χ0) is 21.8. The fourth-order valence-corrected chi connectivity index (χ4v) is 2.85. The number of aryl methyl sites for hydroxylation is 1. The van der Waals surface area contributed by atoms with Gasteiger partial charge in [0.05, 0.1) is 22.5 Å². The maximum Gasteiger partial charge on any atom is 0.253 e. The number of anilines is 1. The highest BCUT2D eigenvalue weighted by molar-refractivity contribution is 6.33. The Morgan fingerprint density at radius 1 is 1.17 bits per heavy atom. The first-order valence-corrected chi connectivity index (χ1v) is 9.33. The van der Waals surface area contributed by atoms with Gasteiger partial charge in [-0.05, 0) is 30.3 Å². The summed E-state index contributed by atoms with van der Waals surface area (Å²) in [7, 11) is 3.25. The Labute approximate surface area is 176 Å². The average molecular weight is 434 g/mol. The van der Waals surface area contributed by atoms with E-state index >= 15 is 0 Å². The summed E-state index contributed by atoms with van der Waals surface area (Å²) >= 11 is 6.11. The first-order valence-electron chi connectivity index (χ1n) is 8.96. The fraction of sp³-hybridized carbons (Fsp3) is 0.190. The monoisotopic (exact) mass is 433 g/mol. The van der Waals surface area contributed by atoms with Crippen molar-refractivity contribution in [3.8, 4) is 11.3 Å². The van der Waals surface area contributed by atoms with Crippen LogP contribution >= 0.6 is 11.6 Å². The van der Waals surface area contributed by atoms with Crippen LogP contribution in [0.25, 0.3) is 11.3 Å². The van der Waals surface area contributed by atoms with Gasteiger partial charge in [-0.2, -0.15) is 0 Å². The summed E-state index contributed by atoms with van der Waals surface area (Å²) in [6.07, 6.45) is 1.49. The number of hydrogen-bond acceptors (Lipinski definition) is 4. The highest BCUT2D eigenvalue weighted by Crippen LogP contribution is 2.26. The predicted octanol–water partition coefficient (Wildman–Crippen LogP) is 4.55. The number of carbonyl (C=O) groups excluding carboxylic acids is 2. The van der Waals surface area contributed by atoms with E-state index in [0.29, 0.717) is 16.3 Å². The Hall–Kier alpha value is -3.26. The van der Waals surface area contributed by atoms with Crippen LogP contribution in [-0.4, -0.2) is 35.8 Å². The van der Waals surface area contributed by atoms with E-state index in [9.17, 15) is 18.4 Å². The molecular formula is C21H18ClF2N3O3. The summed E-state index contributed by atoms with van der Waals surface area (Å²) in [5.41, 5.74) is 0.781. The van der Waals surface area contributed by atoms with Gasteiger partial charge in [0, 0.05) is 38.6 Å². The molecule has 0 bridgehead atoms. The molecule has 0 saturated carbocycles. The van der Waals surface area contributed by atoms with Crippen LogP contribution in [0.5, 0.6) is 0 Å². The molecule has 2 amide bonds. The van der Waals surface area contributed by atoms with Gasteiger partial charge in [-0.15, -0.1) is 0 Å². The van der Waals surface area contributed by atoms with Gasteiger partial charge in [0.1, 0.15) is 11.6 Å². The summed E-state index contributed by atoms with van der Waals surface area (Å²) in [6, 6.07) is 7.74. The lowest BCUT2D eigenvalue weighted by atomic mass is 10.1. The molecule has 9 heteroatoms. The number of carbonyl (C=O) groups is 2. The molecule has 3 rings (SSSR count). The number of oxazole rings is 1. The zero-order valence-corrected chi connectivity index (χ0v) is 17.0. The molecule has 0 unspecified atom stereocenters. The molecule has 0 aliphatic heterocycles. The maximum absolute atomic E-state index is 13.8. The molecule has 3 aromatic rings. The Balaban J connectivity index is 1.64. The molecule has 30 heavy (non-hydrogen) atoms. The second-order valence-corrected chi connectivity index (χ2v) is 7.09. The molecule has 0 fully saturated rings. The number of hydrogen-bond donors (Lipinski definition) is 1. The number of benzene rings is 2. The van der Waals surface area contributed by atoms with Gasteiger partial charge in [-0.1, -0.05) is 11.6 Å². The van der Waals surface area contributed by atoms with Crippen LogP contribution in [0.4, 0.5) is 14.5 Å². The van der Waals surface area contributed by atoms with Crippen LogP contribution in [0, 0.1) is 11.6 Å². The molecule has 0 radical (unpaired) electrons. The highest BCUT2D eigenvalue weighted by Gasteiger charge is 2.15. The predicted molar refractivity (Wildman–Crippen MR) is 108 cm³/mol. The van der Waals surface area contributed by atoms with Crippen LogP contribution in [0.15, 0.2) is 47.0 Å². The minimum Gasteiger partial charge on any atom is -0.441 e. The van der Waals surface area contributed by atoms with Gasteiger partial charge in [-0.3, -0.25) is 9.59 Å². The van der Waals surface area contributed by atoms with E-state index in [0.717, 1.165) is 12.1 Å². The number of aromatic nitrogens is 1. The van der Waals surface area contributed by atoms with Crippen molar-refractivity contribution < 1.29 is 22.8 Å². The Morgan fingerprint density at radius 2 is 1.93 bits per heavy atom. The molecule has 1 heterocycles. The van der Waals surface area contributed by atoms with Gasteiger partial charge < -0.3 is 14.6 Å². The van der Waals surface area contributed by atoms with E-state index in [4.69, 9.17) is 16.0 Å². The van der Waals surface area contributed by atoms with Gasteiger partial charge in [0.25, 0.3) is 5.91 Å². The number of nitrogens with one attached hydrogen (secondary N) is 1. The van der Waals surface area contributed by atoms with E-state index in [1.54, 1.807) is 20.2 Å². The summed E-state index contributed by atoms with van der Waals surface area (Å²) in [5, 5.41) is 2.95. The lowest BCUT2D eigenvalue weighted by Gasteiger charge is -2.12. The molecule has 0 saturated heterocycles. The molecule has 2 aromatic carbocycles. The highest BCUT2D eigenvalue weighted by atomic mass is 35.5. The lowest BCUT2D eigenvalue weighted by Crippen LogP contribution is -2.22. The third-order valence-corrected chi connectivity index (χ3v) is 4.54. The SMILES string of the molecule is CN(C)C(=O)c1ccc(Cl)c(NC(=O)CCc2ncc(-c3ccc(F)cc3F)o2)c1. The fourth-order valence-electron chi connectivity index (χ4n) is 2.69. The average Bonchev–Trinajstić information content (AvgIpc) is 3.16. The summed E-state index contributed by atoms with van der Waals surface area (Å²) < 4.78 is 32.3. The quantitative estimate of drug-likeness (QED) is 0.619. The number of rotatable bonds is 6. The summed E-state index contributed by atoms with van der Waals surface area (Å²) in [4.78, 5) is 29.8. The molecule has 0 aliphatic carbocycles. The van der Waals surface area contributed by atoms with Crippen molar-refractivity contribution in [3.63, 3.8) is 0 Å². The second-order valence-electron chi connectivity index (χ2n) is 6.68. The molecule has 0 spiro atoms. The van der Waals surface area contributed by atoms with Gasteiger partial charge in [0.15, 0.2) is 11.7 Å². The maximum atomic E-state index is 13.8. The van der Waals surface area contributed by atoms with Crippen LogP contribution < -0.4 is 5.32 Å². The normalized spacial score (nSPS) is 10.7. The van der Waals surface area contributed by atoms with Crippen molar-refractivity contribution in [2.24, 2.45) is 0 Å². The third-order valence-electron chi connectivity index (χ3n) is 4.21. The zero-order valence-electron chi connectivity index (χ0n) is 16.2. The first-order chi connectivity index (χ1) is 14.2. The molecule has 1 aromatic heterocycles. The molecule has 0 aliphatic rings. The third kappa shape index (κ3) is 5.01. The smallest absolute Gasteiger partial charge is 0.253 e. The Morgan fingerprint density at radius 3 is 2.63 bits per heavy atom. The molecule has 6 nitrogen and oxygen atoms in total. The second kappa shape index (κ2) is 9.04. The van der Waals surface area contributed by atoms with E-state index in [1.807, 2.05) is 0 Å². The van der Waals surface area contributed by atoms with E-state index in [1.165, 1.54) is 29.3 Å². The van der Waals surface area contributed by atoms with E-state index in [-0.39, 0.29) is 41.9 Å². The Kier molecular flexibility index (Phi) is 6.47. The van der Waals surface area contributed by atoms with Crippen LogP contribution in [0.3, 0.4) is 0 Å². The number of nitrogens with zero attached hydrogens (tertiary/aromatic N) is 2. The minimum atomic E-state index is -0.766. The van der Waals surface area contributed by atoms with Crippen LogP contribution in [0.2, 0.25) is 5.02 Å². The Bertz CT molecular complexity index is 1100. The van der Waals surface area contributed by atoms with Crippen LogP contribution in [0.1, 0.15) is 22.7 Å². The van der Waals surface area contributed by atoms with E-state index < -0.39 is 11.6 Å². The molecule has 1 N–H and O–H groups in total. The molecular weight excluding hydrogens is 416 g/mol. The number of halogens is 3. The topological polar surface area (TPSA) is 75.4 Å². The van der Waals surface area contributed by atoms with Crippen molar-refractivity contribution in [2.75, 3.05) is 19.4 Å². The van der Waals surface area contributed by atoms with Crippen LogP contribution in [-0.2, 0) is 11.2 Å². The van der Waals surface area contributed by atoms with Crippen molar-refractivity contribution in [1.29, 1.82) is 0 Å². The molecule has 0 atom stereocenters. The van der Waals surface area contributed by atoms with E-state index in [2.05, 4.69) is 10.3 Å². The largest absolute Gasteiger partial charge is 0.441 e. The van der Waals surface area contributed by atoms with Crippen molar-refractivity contribution in [2.45, 2.75) is 12.8 Å². The van der Waals surface area contributed by atoms with Gasteiger partial charge in [-0.25, -0.2) is 13.8 Å². The number of amides is 2. The summed E-state index contributed by atoms with van der Waals surface area (Å²) in [6.45, 7) is 0.